The first-order valence-corrected chi connectivity index (χ1v) is 36.5. The summed E-state index contributed by atoms with van der Waals surface area (Å²) in [4.78, 5) is 77.2. The molecule has 34 heteroatoms. The van der Waals surface area contributed by atoms with Gasteiger partial charge in [0.05, 0.1) is 34.4 Å². The number of anilines is 2. The van der Waals surface area contributed by atoms with Gasteiger partial charge in [-0.2, -0.15) is 21.4 Å². The average molecular weight is 1450 g/mol. The van der Waals surface area contributed by atoms with Gasteiger partial charge in [0.25, 0.3) is 20.2 Å². The van der Waals surface area contributed by atoms with Gasteiger partial charge in [0, 0.05) is 69.1 Å². The van der Waals surface area contributed by atoms with Crippen molar-refractivity contribution >= 4 is 156 Å². The van der Waals surface area contributed by atoms with E-state index in [-0.39, 0.29) is 33.1 Å². The Morgan fingerprint density at radius 2 is 1.39 bits per heavy atom. The fourth-order valence-electron chi connectivity index (χ4n) is 11.2. The number of aliphatic carboxylic acids is 2. The molecule has 0 aliphatic carbocycles. The minimum absolute atomic E-state index is 0.110. The van der Waals surface area contributed by atoms with Crippen molar-refractivity contribution in [2.75, 3.05) is 41.4 Å². The molecule has 0 saturated carbocycles. The number of amides is 4. The average Bonchev–Trinajstić information content (AvgIpc) is 1.60. The van der Waals surface area contributed by atoms with Crippen molar-refractivity contribution in [1.29, 1.82) is 0 Å². The molecule has 0 saturated heterocycles. The number of carbonyl (C=O) groups excluding carboxylic acids is 4. The molecule has 0 bridgehead atoms. The number of unbranched alkanes of at least 4 members (excludes halogenated alkanes) is 2. The number of carboxylic acid groups (broad SMARTS) is 2. The van der Waals surface area contributed by atoms with Gasteiger partial charge in [-0.25, -0.2) is 15.3 Å². The second-order valence-electron chi connectivity index (χ2n) is 22.1. The quantitative estimate of drug-likeness (QED) is 0.00326. The number of benzene rings is 5. The van der Waals surface area contributed by atoms with E-state index in [0.29, 0.717) is 93.9 Å². The van der Waals surface area contributed by atoms with Crippen LogP contribution in [0.2, 0.25) is 0 Å². The zero-order valence-electron chi connectivity index (χ0n) is 50.4. The predicted octanol–water partition coefficient (Wildman–Crippen LogP) is 6.18. The third-order valence-electron chi connectivity index (χ3n) is 15.3. The summed E-state index contributed by atoms with van der Waals surface area (Å²) in [6.45, 7) is 9.87. The molecule has 28 nitrogen and oxygen atoms in total. The van der Waals surface area contributed by atoms with E-state index in [1.807, 2.05) is 76.0 Å². The maximum absolute atomic E-state index is 13.3. The third-order valence-corrected chi connectivity index (χ3v) is 20.8. The summed E-state index contributed by atoms with van der Waals surface area (Å²) < 4.78 is 102. The van der Waals surface area contributed by atoms with Crippen LogP contribution in [-0.2, 0) is 78.6 Å². The van der Waals surface area contributed by atoms with Crippen molar-refractivity contribution in [3.8, 4) is 0 Å². The van der Waals surface area contributed by atoms with E-state index in [1.165, 1.54) is 42.5 Å². The number of hydrogen-bond acceptors (Lipinski definition) is 22. The summed E-state index contributed by atoms with van der Waals surface area (Å²) in [6, 6.07) is 15.3. The van der Waals surface area contributed by atoms with Gasteiger partial charge < -0.3 is 20.4 Å². The molecule has 2 aliphatic rings. The molecule has 0 radical (unpaired) electrons. The van der Waals surface area contributed by atoms with Crippen LogP contribution in [0.25, 0.3) is 21.5 Å². The van der Waals surface area contributed by atoms with E-state index in [2.05, 4.69) is 44.6 Å². The molecule has 0 unspecified atom stereocenters. The number of thioether (sulfide) groups is 1. The number of allylic oxidation sites excluding steroid dienone is 6. The summed E-state index contributed by atoms with van der Waals surface area (Å²) in [5.41, 5.74) is 3.22. The predicted molar refractivity (Wildman–Crippen MR) is 346 cm³/mol. The number of carboxylic acids is 2. The molecule has 0 fully saturated rings. The molecule has 93 heavy (non-hydrogen) atoms. The molecule has 2 atom stereocenters. The molecule has 12 N–H and O–H groups in total. The van der Waals surface area contributed by atoms with Gasteiger partial charge in [0.15, 0.2) is 5.71 Å². The number of rotatable bonds is 33. The van der Waals surface area contributed by atoms with Gasteiger partial charge in [0.1, 0.15) is 24.0 Å². The first-order valence-electron chi connectivity index (χ1n) is 28.3. The smallest absolute Gasteiger partial charge is 0.480 e. The van der Waals surface area contributed by atoms with E-state index < -0.39 is 123 Å². The Bertz CT molecular complexity index is 4050. The number of nitrogens with zero attached hydrogens (tertiary/aromatic N) is 2. The van der Waals surface area contributed by atoms with Crippen molar-refractivity contribution in [2.24, 2.45) is 0 Å². The molecular weight excluding hydrogens is 1380 g/mol. The van der Waals surface area contributed by atoms with Crippen LogP contribution in [0.4, 0.5) is 17.1 Å². The molecule has 2 aliphatic heterocycles. The van der Waals surface area contributed by atoms with Gasteiger partial charge in [-0.1, -0.05) is 54.6 Å². The molecule has 500 valence electrons. The Morgan fingerprint density at radius 3 is 2.03 bits per heavy atom. The Kier molecular flexibility index (Phi) is 25.4. The first kappa shape index (κ1) is 73.6. The van der Waals surface area contributed by atoms with E-state index in [0.717, 1.165) is 34.4 Å². The fraction of sp³-hybridized carbons (Fsp3) is 0.339. The third kappa shape index (κ3) is 18.4. The fourth-order valence-corrected chi connectivity index (χ4v) is 15.3. The SMILES string of the molecule is CC[N+]1=C(/C=C/C=C/C=C2/N(CCCCCC(=O)N[C@@H](CCC(=O)N[C@H](CSCC(=O)Nc3ccc([As](O)O)cc3)C(=O)NCC(=O)O)C(=O)O)c3ccc4c(S(=O)(=O)O)cc(SOOO)cc4c3C2(C)C)C(C)(C)c2c1ccc1c(SOOO)cc(S(=O)(=O)O)cc21. The van der Waals surface area contributed by atoms with E-state index in [1.54, 1.807) is 24.3 Å². The molecule has 4 amide bonds. The molecule has 7 rings (SSSR count). The first-order chi connectivity index (χ1) is 43.9. The minimum atomic E-state index is -4.82. The van der Waals surface area contributed by atoms with Gasteiger partial charge >= 0.3 is 142 Å². The van der Waals surface area contributed by atoms with Crippen LogP contribution in [0, 0.1) is 0 Å². The van der Waals surface area contributed by atoms with Crippen LogP contribution in [0.5, 0.6) is 0 Å². The van der Waals surface area contributed by atoms with E-state index in [4.69, 9.17) is 15.6 Å². The number of hydrogen-bond donors (Lipinski definition) is 12. The summed E-state index contributed by atoms with van der Waals surface area (Å²) in [5.74, 6) is -6.01. The zero-order valence-corrected chi connectivity index (χ0v) is 56.4. The summed E-state index contributed by atoms with van der Waals surface area (Å²) >= 11 is -1.12. The van der Waals surface area contributed by atoms with E-state index in [9.17, 15) is 68.0 Å². The minimum Gasteiger partial charge on any atom is -0.480 e. The number of carbonyl (C=O) groups is 6. The molecule has 5 aromatic carbocycles. The standard InChI is InChI=1S/C59H67AsN6O22S5/c1-6-65-44-23-20-38-41(29-37(92(79,80)81)30-46(38)91-88-86-78)55(44)58(2,3)48(65)13-9-7-10-14-49-59(4,5)54-40-27-36(90-87-85-77)28-47(93(82,83)84)39(40)21-24-45(54)66(49)26-12-8-11-15-50(67)63-42(57(73)74)22-25-51(68)64-43(56(72)61-31-53(70)71)32-89-33-52(69)62-35-18-16-34(17-19-35)60(75)76/h7,9-10,13-14,16-21,23-24,27-30,42-43,75-76H,6,8,11-12,15,22,25-26,31-33H2,1-5H3,(H9-,61,62,63,64,67,68,69,70,71,72,73,74,77,78,79,80,81,82,83,84)/p+1/t42-,43+/m0/s1. The van der Waals surface area contributed by atoms with E-state index >= 15 is 0 Å². The van der Waals surface area contributed by atoms with Gasteiger partial charge in [0.2, 0.25) is 11.6 Å². The monoisotopic (exact) mass is 1450 g/mol. The Balaban J connectivity index is 1.05. The van der Waals surface area contributed by atoms with Crippen molar-refractivity contribution in [2.45, 2.75) is 116 Å². The topological polar surface area (TPSA) is 424 Å². The second-order valence-corrected chi connectivity index (χ2v) is 29.8. The molecule has 2 heterocycles. The van der Waals surface area contributed by atoms with Crippen LogP contribution >= 0.6 is 35.8 Å². The summed E-state index contributed by atoms with van der Waals surface area (Å²) in [5, 5.41) is 56.0. The Morgan fingerprint density at radius 1 is 0.720 bits per heavy atom. The maximum atomic E-state index is 13.3. The van der Waals surface area contributed by atoms with Gasteiger partial charge in [-0.05, 0) is 104 Å². The Labute approximate surface area is 552 Å². The van der Waals surface area contributed by atoms with Crippen LogP contribution in [0.3, 0.4) is 0 Å². The molecule has 5 aromatic rings. The van der Waals surface area contributed by atoms with Crippen LogP contribution in [0.1, 0.15) is 84.3 Å². The molecule has 0 spiro atoms. The summed E-state index contributed by atoms with van der Waals surface area (Å²) in [6.07, 6.45) is 9.52. The molecule has 0 aromatic heterocycles. The van der Waals surface area contributed by atoms with Crippen molar-refractivity contribution in [3.05, 3.63) is 120 Å². The van der Waals surface area contributed by atoms with Crippen LogP contribution < -0.4 is 30.5 Å². The number of fused-ring (bicyclic) bond motifs is 6. The second kappa shape index (κ2) is 32.1. The normalized spacial score (nSPS) is 15.5. The van der Waals surface area contributed by atoms with Crippen molar-refractivity contribution in [1.82, 2.24) is 16.0 Å². The Hall–Kier alpha value is -6.76. The van der Waals surface area contributed by atoms with Gasteiger partial charge in [-0.3, -0.25) is 23.5 Å². The molecular formula is C59H68AsN6O22S5+. The van der Waals surface area contributed by atoms with Crippen LogP contribution in [-0.4, -0.2) is 159 Å². The van der Waals surface area contributed by atoms with Crippen molar-refractivity contribution < 1.29 is 107 Å². The van der Waals surface area contributed by atoms with Gasteiger partial charge in [-0.15, -0.1) is 8.67 Å². The van der Waals surface area contributed by atoms with Crippen LogP contribution in [0.15, 0.2) is 128 Å². The summed E-state index contributed by atoms with van der Waals surface area (Å²) in [7, 11) is -9.52. The number of nitrogens with one attached hydrogen (secondary N) is 4. The zero-order chi connectivity index (χ0) is 68.2. The van der Waals surface area contributed by atoms with Crippen molar-refractivity contribution in [3.63, 3.8) is 0 Å².